The summed E-state index contributed by atoms with van der Waals surface area (Å²) in [6.07, 6.45) is 4.50. The third kappa shape index (κ3) is 4.01. The number of hydrogen-bond donors (Lipinski definition) is 0. The van der Waals surface area contributed by atoms with Crippen LogP contribution in [-0.4, -0.2) is 42.7 Å². The number of sulfonamides is 1. The summed E-state index contributed by atoms with van der Waals surface area (Å²) in [5, 5.41) is 0. The van der Waals surface area contributed by atoms with Crippen LogP contribution in [0.5, 0.6) is 0 Å². The van der Waals surface area contributed by atoms with Crippen LogP contribution in [0.15, 0.2) is 53.4 Å². The molecule has 0 unspecified atom stereocenters. The van der Waals surface area contributed by atoms with Crippen LogP contribution in [0.4, 0.5) is 4.39 Å². The van der Waals surface area contributed by atoms with Crippen molar-refractivity contribution >= 4 is 15.9 Å². The molecule has 1 amide bonds. The molecular formula is C23H27FN2O3S. The lowest BCUT2D eigenvalue weighted by Crippen LogP contribution is -2.41. The highest BCUT2D eigenvalue weighted by Crippen LogP contribution is 2.33. The minimum absolute atomic E-state index is 0.00822. The van der Waals surface area contributed by atoms with Crippen LogP contribution in [0.3, 0.4) is 0 Å². The minimum Gasteiger partial charge on any atom is -0.332 e. The fourth-order valence-electron chi connectivity index (χ4n) is 4.54. The molecule has 2 aromatic rings. The highest BCUT2D eigenvalue weighted by molar-refractivity contribution is 7.89. The lowest BCUT2D eigenvalue weighted by Gasteiger charge is -2.32. The summed E-state index contributed by atoms with van der Waals surface area (Å²) < 4.78 is 40.8. The van der Waals surface area contributed by atoms with E-state index in [4.69, 9.17) is 0 Å². The van der Waals surface area contributed by atoms with Crippen molar-refractivity contribution in [1.82, 2.24) is 9.21 Å². The molecule has 0 spiro atoms. The zero-order valence-corrected chi connectivity index (χ0v) is 17.9. The van der Waals surface area contributed by atoms with Gasteiger partial charge in [-0.05, 0) is 74.6 Å². The van der Waals surface area contributed by atoms with Gasteiger partial charge in [0.25, 0.3) is 5.91 Å². The Hall–Kier alpha value is -2.25. The Morgan fingerprint density at radius 1 is 0.933 bits per heavy atom. The monoisotopic (exact) mass is 430 g/mol. The molecule has 0 saturated carbocycles. The first kappa shape index (κ1) is 21.0. The number of carbonyl (C=O) groups excluding carboxylic acids is 1. The maximum atomic E-state index is 13.3. The minimum atomic E-state index is -3.56. The van der Waals surface area contributed by atoms with Crippen molar-refractivity contribution < 1.29 is 17.6 Å². The number of piperidine rings is 1. The molecule has 30 heavy (non-hydrogen) atoms. The molecule has 0 radical (unpaired) electrons. The fraction of sp³-hybridized carbons (Fsp3) is 0.435. The van der Waals surface area contributed by atoms with Crippen LogP contribution in [0.1, 0.15) is 61.0 Å². The van der Waals surface area contributed by atoms with Crippen molar-refractivity contribution in [3.63, 3.8) is 0 Å². The third-order valence-electron chi connectivity index (χ3n) is 6.22. The van der Waals surface area contributed by atoms with Gasteiger partial charge in [-0.3, -0.25) is 4.79 Å². The largest absolute Gasteiger partial charge is 0.332 e. The van der Waals surface area contributed by atoms with Gasteiger partial charge in [-0.2, -0.15) is 4.31 Å². The summed E-state index contributed by atoms with van der Waals surface area (Å²) >= 11 is 0. The van der Waals surface area contributed by atoms with Crippen molar-refractivity contribution in [2.45, 2.75) is 56.0 Å². The SMILES string of the molecule is C[C@@H]1CCCCN1S(=O)(=O)c1ccc(C(=O)N2CCC[C@@H]2c2ccc(F)cc2)cc1. The van der Waals surface area contributed by atoms with Crippen LogP contribution in [0.2, 0.25) is 0 Å². The van der Waals surface area contributed by atoms with Crippen LogP contribution in [0, 0.1) is 5.82 Å². The lowest BCUT2D eigenvalue weighted by atomic mass is 10.0. The Labute approximate surface area is 177 Å². The molecule has 0 N–H and O–H groups in total. The number of likely N-dealkylation sites (tertiary alicyclic amines) is 1. The maximum absolute atomic E-state index is 13.3. The van der Waals surface area contributed by atoms with E-state index in [0.717, 1.165) is 37.7 Å². The van der Waals surface area contributed by atoms with Gasteiger partial charge in [0.05, 0.1) is 10.9 Å². The molecule has 7 heteroatoms. The van der Waals surface area contributed by atoms with E-state index in [0.29, 0.717) is 18.7 Å². The quantitative estimate of drug-likeness (QED) is 0.724. The van der Waals surface area contributed by atoms with Crippen molar-refractivity contribution in [2.24, 2.45) is 0 Å². The molecule has 2 saturated heterocycles. The van der Waals surface area contributed by atoms with E-state index in [9.17, 15) is 17.6 Å². The molecule has 160 valence electrons. The number of hydrogen-bond acceptors (Lipinski definition) is 3. The molecule has 0 bridgehead atoms. The lowest BCUT2D eigenvalue weighted by molar-refractivity contribution is 0.0735. The van der Waals surface area contributed by atoms with Gasteiger partial charge in [0.15, 0.2) is 0 Å². The van der Waals surface area contributed by atoms with Crippen LogP contribution < -0.4 is 0 Å². The Morgan fingerprint density at radius 2 is 1.63 bits per heavy atom. The summed E-state index contributed by atoms with van der Waals surface area (Å²) in [5.41, 5.74) is 1.38. The van der Waals surface area contributed by atoms with Crippen molar-refractivity contribution in [1.29, 1.82) is 0 Å². The second-order valence-electron chi connectivity index (χ2n) is 8.19. The predicted molar refractivity (Wildman–Crippen MR) is 113 cm³/mol. The van der Waals surface area contributed by atoms with Crippen molar-refractivity contribution in [3.8, 4) is 0 Å². The molecule has 4 rings (SSSR count). The van der Waals surface area contributed by atoms with E-state index < -0.39 is 10.0 Å². The summed E-state index contributed by atoms with van der Waals surface area (Å²) in [6.45, 7) is 3.11. The Kier molecular flexibility index (Phi) is 5.93. The number of halogens is 1. The van der Waals surface area contributed by atoms with E-state index in [-0.39, 0.29) is 28.7 Å². The predicted octanol–water partition coefficient (Wildman–Crippen LogP) is 4.37. The van der Waals surface area contributed by atoms with Gasteiger partial charge in [-0.1, -0.05) is 18.6 Å². The number of benzene rings is 2. The highest BCUT2D eigenvalue weighted by Gasteiger charge is 2.33. The first-order valence-corrected chi connectivity index (χ1v) is 12.0. The normalized spacial score (nSPS) is 22.9. The number of nitrogens with zero attached hydrogens (tertiary/aromatic N) is 2. The second-order valence-corrected chi connectivity index (χ2v) is 10.1. The summed E-state index contributed by atoms with van der Waals surface area (Å²) in [7, 11) is -3.56. The molecule has 2 atom stereocenters. The summed E-state index contributed by atoms with van der Waals surface area (Å²) in [6, 6.07) is 12.5. The van der Waals surface area contributed by atoms with Gasteiger partial charge < -0.3 is 4.90 Å². The first-order chi connectivity index (χ1) is 14.4. The van der Waals surface area contributed by atoms with Gasteiger partial charge in [0.2, 0.25) is 10.0 Å². The van der Waals surface area contributed by atoms with E-state index in [1.807, 2.05) is 6.92 Å². The summed E-state index contributed by atoms with van der Waals surface area (Å²) in [5.74, 6) is -0.424. The van der Waals surface area contributed by atoms with Gasteiger partial charge in [0, 0.05) is 24.7 Å². The Bertz CT molecular complexity index is 1010. The van der Waals surface area contributed by atoms with E-state index in [2.05, 4.69) is 0 Å². The zero-order chi connectivity index (χ0) is 21.3. The number of amides is 1. The Morgan fingerprint density at radius 3 is 2.30 bits per heavy atom. The van der Waals surface area contributed by atoms with Gasteiger partial charge >= 0.3 is 0 Å². The van der Waals surface area contributed by atoms with Gasteiger partial charge in [-0.15, -0.1) is 0 Å². The molecule has 2 heterocycles. The fourth-order valence-corrected chi connectivity index (χ4v) is 6.24. The second kappa shape index (κ2) is 8.47. The molecule has 2 fully saturated rings. The van der Waals surface area contributed by atoms with Crippen molar-refractivity contribution in [3.05, 3.63) is 65.5 Å². The maximum Gasteiger partial charge on any atom is 0.254 e. The number of rotatable bonds is 4. The standard InChI is InChI=1S/C23H27FN2O3S/c1-17-5-2-3-16-26(17)30(28,29)21-13-9-19(10-14-21)23(27)25-15-4-6-22(25)18-7-11-20(24)12-8-18/h7-14,17,22H,2-6,15-16H2,1H3/t17-,22-/m1/s1. The van der Waals surface area contributed by atoms with E-state index in [1.165, 1.54) is 24.3 Å². The van der Waals surface area contributed by atoms with Gasteiger partial charge in [0.1, 0.15) is 5.82 Å². The number of carbonyl (C=O) groups is 1. The Balaban J connectivity index is 1.53. The van der Waals surface area contributed by atoms with Crippen LogP contribution >= 0.6 is 0 Å². The average Bonchev–Trinajstić information content (AvgIpc) is 3.24. The third-order valence-corrected chi connectivity index (χ3v) is 8.25. The molecule has 0 aliphatic carbocycles. The molecule has 2 aromatic carbocycles. The molecule has 0 aromatic heterocycles. The highest BCUT2D eigenvalue weighted by atomic mass is 32.2. The molecule has 2 aliphatic rings. The smallest absolute Gasteiger partial charge is 0.254 e. The van der Waals surface area contributed by atoms with E-state index >= 15 is 0 Å². The average molecular weight is 431 g/mol. The van der Waals surface area contributed by atoms with E-state index in [1.54, 1.807) is 33.5 Å². The first-order valence-electron chi connectivity index (χ1n) is 10.6. The topological polar surface area (TPSA) is 57.7 Å². The molecule has 5 nitrogen and oxygen atoms in total. The van der Waals surface area contributed by atoms with Gasteiger partial charge in [-0.25, -0.2) is 12.8 Å². The molecular weight excluding hydrogens is 403 g/mol. The zero-order valence-electron chi connectivity index (χ0n) is 17.1. The van der Waals surface area contributed by atoms with Crippen molar-refractivity contribution in [2.75, 3.05) is 13.1 Å². The molecule has 2 aliphatic heterocycles. The van der Waals surface area contributed by atoms with Crippen LogP contribution in [0.25, 0.3) is 0 Å². The van der Waals surface area contributed by atoms with Crippen LogP contribution in [-0.2, 0) is 10.0 Å². The summed E-state index contributed by atoms with van der Waals surface area (Å²) in [4.78, 5) is 15.1.